The summed E-state index contributed by atoms with van der Waals surface area (Å²) in [6.45, 7) is 4.18. The molecule has 106 valence electrons. The third kappa shape index (κ3) is 2.75. The number of nitrogens with two attached hydrogens (primary N) is 1. The average Bonchev–Trinajstić information content (AvgIpc) is 2.85. The molecule has 0 unspecified atom stereocenters. The molecule has 4 heteroatoms. The summed E-state index contributed by atoms with van der Waals surface area (Å²) in [6.07, 6.45) is 4.30. The Labute approximate surface area is 137 Å². The lowest BCUT2D eigenvalue weighted by Gasteiger charge is -2.19. The molecule has 20 heavy (non-hydrogen) atoms. The highest BCUT2D eigenvalue weighted by atomic mass is 127. The fourth-order valence-electron chi connectivity index (χ4n) is 2.75. The van der Waals surface area contributed by atoms with Crippen molar-refractivity contribution in [1.82, 2.24) is 0 Å². The Morgan fingerprint density at radius 2 is 2.05 bits per heavy atom. The summed E-state index contributed by atoms with van der Waals surface area (Å²) in [5.74, 6) is 0.837. The second-order valence-electron chi connectivity index (χ2n) is 5.03. The Morgan fingerprint density at radius 3 is 2.80 bits per heavy atom. The molecule has 0 saturated carbocycles. The van der Waals surface area contributed by atoms with Crippen molar-refractivity contribution in [2.75, 3.05) is 17.2 Å². The minimum absolute atomic E-state index is 0. The van der Waals surface area contributed by atoms with E-state index in [4.69, 9.17) is 5.73 Å². The maximum absolute atomic E-state index is 6.13. The molecule has 0 saturated heterocycles. The van der Waals surface area contributed by atoms with Gasteiger partial charge in [-0.1, -0.05) is 25.1 Å². The van der Waals surface area contributed by atoms with Crippen molar-refractivity contribution < 1.29 is 28.5 Å². The van der Waals surface area contributed by atoms with Gasteiger partial charge in [0.2, 0.25) is 0 Å². The van der Waals surface area contributed by atoms with Gasteiger partial charge in [0.1, 0.15) is 0 Å². The number of aryl methyl sites for hydroxylation is 1. The van der Waals surface area contributed by atoms with Crippen molar-refractivity contribution in [2.45, 2.75) is 26.3 Å². The second-order valence-corrected chi connectivity index (χ2v) is 5.03. The predicted molar refractivity (Wildman–Crippen MR) is 78.5 cm³/mol. The minimum Gasteiger partial charge on any atom is -1.00 e. The molecule has 1 aromatic heterocycles. The predicted octanol–water partition coefficient (Wildman–Crippen LogP) is -0.335. The van der Waals surface area contributed by atoms with Gasteiger partial charge in [-0.3, -0.25) is 5.73 Å². The molecular weight excluding hydrogens is 361 g/mol. The SMILES string of the molecule is CCC[n+]1ccc(N2CCc3ccccc32)cc1N.[I-]. The van der Waals surface area contributed by atoms with Gasteiger partial charge in [0, 0.05) is 18.3 Å². The van der Waals surface area contributed by atoms with Crippen molar-refractivity contribution in [3.05, 3.63) is 48.2 Å². The van der Waals surface area contributed by atoms with Crippen molar-refractivity contribution in [3.63, 3.8) is 0 Å². The van der Waals surface area contributed by atoms with E-state index in [1.165, 1.54) is 16.9 Å². The molecule has 3 nitrogen and oxygen atoms in total. The number of fused-ring (bicyclic) bond motifs is 1. The molecule has 1 aliphatic heterocycles. The summed E-state index contributed by atoms with van der Waals surface area (Å²) in [7, 11) is 0. The van der Waals surface area contributed by atoms with Crippen molar-refractivity contribution in [2.24, 2.45) is 0 Å². The molecule has 0 fully saturated rings. The summed E-state index contributed by atoms with van der Waals surface area (Å²) < 4.78 is 2.10. The van der Waals surface area contributed by atoms with Gasteiger partial charge in [0.05, 0.1) is 24.5 Å². The summed E-state index contributed by atoms with van der Waals surface area (Å²) in [4.78, 5) is 2.35. The summed E-state index contributed by atoms with van der Waals surface area (Å²) in [5, 5.41) is 0. The highest BCUT2D eigenvalue weighted by Crippen LogP contribution is 2.34. The lowest BCUT2D eigenvalue weighted by atomic mass is 10.2. The van der Waals surface area contributed by atoms with Crippen LogP contribution >= 0.6 is 0 Å². The monoisotopic (exact) mass is 381 g/mol. The number of hydrogen-bond acceptors (Lipinski definition) is 2. The molecular formula is C16H20IN3. The fraction of sp³-hybridized carbons (Fsp3) is 0.312. The van der Waals surface area contributed by atoms with E-state index < -0.39 is 0 Å². The number of benzene rings is 1. The Kier molecular flexibility index (Phi) is 4.86. The van der Waals surface area contributed by atoms with E-state index in [9.17, 15) is 0 Å². The molecule has 3 rings (SSSR count). The number of nitrogen functional groups attached to an aromatic ring is 1. The minimum atomic E-state index is 0. The lowest BCUT2D eigenvalue weighted by Crippen LogP contribution is -3.00. The molecule has 1 aliphatic rings. The number of hydrogen-bond donors (Lipinski definition) is 1. The van der Waals surface area contributed by atoms with Crippen LogP contribution in [0.15, 0.2) is 42.6 Å². The van der Waals surface area contributed by atoms with Gasteiger partial charge in [0.15, 0.2) is 0 Å². The highest BCUT2D eigenvalue weighted by molar-refractivity contribution is 5.70. The molecule has 0 radical (unpaired) electrons. The van der Waals surface area contributed by atoms with Crippen LogP contribution in [0.1, 0.15) is 18.9 Å². The van der Waals surface area contributed by atoms with Crippen LogP contribution in [-0.2, 0) is 13.0 Å². The maximum atomic E-state index is 6.13. The standard InChI is InChI=1S/C16H19N3.HI/c1-2-9-18-10-8-14(12-16(18)17)19-11-7-13-5-3-4-6-15(13)19;/h3-6,8,10,12,17H,2,7,9,11H2,1H3;1H. The van der Waals surface area contributed by atoms with Gasteiger partial charge in [-0.15, -0.1) is 0 Å². The summed E-state index contributed by atoms with van der Waals surface area (Å²) in [5.41, 5.74) is 10.1. The number of halogens is 1. The molecule has 0 aliphatic carbocycles. The first-order valence-corrected chi connectivity index (χ1v) is 6.94. The zero-order valence-corrected chi connectivity index (χ0v) is 13.9. The smallest absolute Gasteiger partial charge is 0.274 e. The zero-order valence-electron chi connectivity index (χ0n) is 11.7. The first-order chi connectivity index (χ1) is 9.29. The van der Waals surface area contributed by atoms with Crippen LogP contribution in [0.25, 0.3) is 0 Å². The molecule has 2 N–H and O–H groups in total. The number of nitrogens with zero attached hydrogens (tertiary/aromatic N) is 2. The zero-order chi connectivity index (χ0) is 13.2. The molecule has 0 atom stereocenters. The maximum Gasteiger partial charge on any atom is 0.274 e. The average molecular weight is 381 g/mol. The normalized spacial score (nSPS) is 12.9. The third-order valence-corrected chi connectivity index (χ3v) is 3.72. The van der Waals surface area contributed by atoms with E-state index in [0.717, 1.165) is 31.7 Å². The molecule has 2 heterocycles. The molecule has 0 amide bonds. The van der Waals surface area contributed by atoms with E-state index in [-0.39, 0.29) is 24.0 Å². The van der Waals surface area contributed by atoms with E-state index >= 15 is 0 Å². The molecule has 0 spiro atoms. The number of anilines is 3. The quantitative estimate of drug-likeness (QED) is 0.584. The summed E-state index contributed by atoms with van der Waals surface area (Å²) in [6, 6.07) is 12.8. The van der Waals surface area contributed by atoms with Gasteiger partial charge in [0.25, 0.3) is 5.82 Å². The van der Waals surface area contributed by atoms with Crippen LogP contribution < -0.4 is 39.2 Å². The van der Waals surface area contributed by atoms with Crippen molar-refractivity contribution in [3.8, 4) is 0 Å². The highest BCUT2D eigenvalue weighted by Gasteiger charge is 2.20. The number of rotatable bonds is 3. The number of aromatic nitrogens is 1. The van der Waals surface area contributed by atoms with E-state index in [0.29, 0.717) is 0 Å². The topological polar surface area (TPSA) is 33.1 Å². The van der Waals surface area contributed by atoms with Gasteiger partial charge >= 0.3 is 0 Å². The van der Waals surface area contributed by atoms with Crippen LogP contribution in [0.5, 0.6) is 0 Å². The fourth-order valence-corrected chi connectivity index (χ4v) is 2.75. The second kappa shape index (κ2) is 6.43. The van der Waals surface area contributed by atoms with Crippen LogP contribution in [0.4, 0.5) is 17.2 Å². The van der Waals surface area contributed by atoms with E-state index in [1.54, 1.807) is 0 Å². The Bertz CT molecular complexity index is 598. The van der Waals surface area contributed by atoms with Crippen LogP contribution in [0.2, 0.25) is 0 Å². The van der Waals surface area contributed by atoms with E-state index in [1.807, 2.05) is 0 Å². The first kappa shape index (κ1) is 15.1. The van der Waals surface area contributed by atoms with Crippen LogP contribution in [0, 0.1) is 0 Å². The lowest BCUT2D eigenvalue weighted by molar-refractivity contribution is -0.682. The third-order valence-electron chi connectivity index (χ3n) is 3.72. The van der Waals surface area contributed by atoms with Crippen molar-refractivity contribution >= 4 is 17.2 Å². The van der Waals surface area contributed by atoms with Crippen LogP contribution in [-0.4, -0.2) is 6.54 Å². The molecule has 1 aromatic carbocycles. The Hall–Kier alpha value is -1.30. The van der Waals surface area contributed by atoms with Gasteiger partial charge in [-0.05, 0) is 24.5 Å². The van der Waals surface area contributed by atoms with Gasteiger partial charge in [-0.25, -0.2) is 4.57 Å². The summed E-state index contributed by atoms with van der Waals surface area (Å²) >= 11 is 0. The van der Waals surface area contributed by atoms with Gasteiger partial charge < -0.3 is 28.9 Å². The number of pyridine rings is 1. The first-order valence-electron chi connectivity index (χ1n) is 6.94. The van der Waals surface area contributed by atoms with Gasteiger partial charge in [-0.2, -0.15) is 0 Å². The van der Waals surface area contributed by atoms with Crippen LogP contribution in [0.3, 0.4) is 0 Å². The Balaban J connectivity index is 0.00000147. The Morgan fingerprint density at radius 1 is 1.25 bits per heavy atom. The van der Waals surface area contributed by atoms with Crippen molar-refractivity contribution in [1.29, 1.82) is 0 Å². The largest absolute Gasteiger partial charge is 1.00 e. The molecule has 2 aromatic rings. The number of para-hydroxylation sites is 1. The molecule has 0 bridgehead atoms. The van der Waals surface area contributed by atoms with E-state index in [2.05, 4.69) is 59.0 Å².